The highest BCUT2D eigenvalue weighted by Gasteiger charge is 2.14. The van der Waals surface area contributed by atoms with Gasteiger partial charge in [0.2, 0.25) is 0 Å². The molecule has 2 N–H and O–H groups in total. The summed E-state index contributed by atoms with van der Waals surface area (Å²) in [4.78, 5) is 28.2. The summed E-state index contributed by atoms with van der Waals surface area (Å²) in [5, 5.41) is 6.02. The van der Waals surface area contributed by atoms with E-state index in [1.54, 1.807) is 18.2 Å². The Morgan fingerprint density at radius 2 is 1.70 bits per heavy atom. The van der Waals surface area contributed by atoms with Crippen LogP contribution < -0.4 is 10.6 Å². The number of para-hydroxylation sites is 1. The fourth-order valence-corrected chi connectivity index (χ4v) is 2.32. The van der Waals surface area contributed by atoms with Crippen molar-refractivity contribution >= 4 is 40.7 Å². The average molecular weight is 352 g/mol. The van der Waals surface area contributed by atoms with Crippen molar-refractivity contribution in [1.29, 1.82) is 0 Å². The van der Waals surface area contributed by atoms with E-state index in [0.717, 1.165) is 6.42 Å². The molecule has 0 aliphatic rings. The molecule has 0 fully saturated rings. The lowest BCUT2D eigenvalue weighted by molar-refractivity contribution is 0.0953. The lowest BCUT2D eigenvalue weighted by atomic mass is 10.1. The van der Waals surface area contributed by atoms with Gasteiger partial charge in [-0.15, -0.1) is 0 Å². The molecule has 1 heterocycles. The molecule has 0 atom stereocenters. The first kappa shape index (κ1) is 17.2. The number of pyridine rings is 1. The van der Waals surface area contributed by atoms with Crippen LogP contribution in [0.2, 0.25) is 10.0 Å². The van der Waals surface area contributed by atoms with Crippen LogP contribution in [0.15, 0.2) is 36.7 Å². The van der Waals surface area contributed by atoms with Crippen LogP contribution in [0, 0.1) is 0 Å². The van der Waals surface area contributed by atoms with Gasteiger partial charge < -0.3 is 10.6 Å². The Labute approximate surface area is 144 Å². The van der Waals surface area contributed by atoms with E-state index in [1.165, 1.54) is 18.5 Å². The van der Waals surface area contributed by atoms with Gasteiger partial charge in [-0.25, -0.2) is 0 Å². The molecule has 0 radical (unpaired) electrons. The zero-order chi connectivity index (χ0) is 16.8. The first-order valence-corrected chi connectivity index (χ1v) is 7.77. The second-order valence-electron chi connectivity index (χ2n) is 4.77. The Bertz CT molecular complexity index is 715. The number of hydrogen-bond acceptors (Lipinski definition) is 3. The Hall–Kier alpha value is -2.11. The van der Waals surface area contributed by atoms with Crippen molar-refractivity contribution in [3.8, 4) is 0 Å². The van der Waals surface area contributed by atoms with Gasteiger partial charge in [0.25, 0.3) is 11.8 Å². The minimum absolute atomic E-state index is 0.241. The first-order valence-electron chi connectivity index (χ1n) is 7.01. The maximum atomic E-state index is 12.3. The Morgan fingerprint density at radius 1 is 1.09 bits per heavy atom. The van der Waals surface area contributed by atoms with E-state index in [2.05, 4.69) is 15.6 Å². The number of aromatic nitrogens is 1. The number of halogens is 2. The molecular weight excluding hydrogens is 337 g/mol. The van der Waals surface area contributed by atoms with Crippen LogP contribution in [-0.4, -0.2) is 23.3 Å². The third kappa shape index (κ3) is 4.43. The van der Waals surface area contributed by atoms with Gasteiger partial charge >= 0.3 is 0 Å². The van der Waals surface area contributed by atoms with Crippen molar-refractivity contribution in [2.24, 2.45) is 0 Å². The number of amides is 2. The molecule has 2 rings (SSSR count). The van der Waals surface area contributed by atoms with Gasteiger partial charge in [0, 0.05) is 18.9 Å². The molecule has 7 heteroatoms. The van der Waals surface area contributed by atoms with E-state index in [-0.39, 0.29) is 11.5 Å². The summed E-state index contributed by atoms with van der Waals surface area (Å²) in [6, 6.07) is 6.39. The van der Waals surface area contributed by atoms with E-state index in [9.17, 15) is 9.59 Å². The fourth-order valence-electron chi connectivity index (χ4n) is 1.83. The predicted octanol–water partition coefficient (Wildman–Crippen LogP) is 3.78. The van der Waals surface area contributed by atoms with Crippen LogP contribution in [-0.2, 0) is 0 Å². The van der Waals surface area contributed by atoms with E-state index >= 15 is 0 Å². The van der Waals surface area contributed by atoms with E-state index in [1.807, 2.05) is 6.92 Å². The van der Waals surface area contributed by atoms with E-state index in [4.69, 9.17) is 23.2 Å². The highest BCUT2D eigenvalue weighted by molar-refractivity contribution is 6.40. The van der Waals surface area contributed by atoms with Crippen LogP contribution in [0.5, 0.6) is 0 Å². The number of hydrogen-bond donors (Lipinski definition) is 2. The Kier molecular flexibility index (Phi) is 5.96. The second-order valence-corrected chi connectivity index (χ2v) is 5.58. The lowest BCUT2D eigenvalue weighted by Gasteiger charge is -2.09. The van der Waals surface area contributed by atoms with E-state index < -0.39 is 5.91 Å². The van der Waals surface area contributed by atoms with Crippen LogP contribution in [0.3, 0.4) is 0 Å². The summed E-state index contributed by atoms with van der Waals surface area (Å²) >= 11 is 12.0. The van der Waals surface area contributed by atoms with Gasteiger partial charge in [0.15, 0.2) is 0 Å². The SMILES string of the molecule is CCCNC(=O)c1cncc(C(=O)Nc2c(Cl)cccc2Cl)c1. The van der Waals surface area contributed by atoms with Gasteiger partial charge in [-0.2, -0.15) is 0 Å². The first-order chi connectivity index (χ1) is 11.0. The molecule has 23 heavy (non-hydrogen) atoms. The third-order valence-electron chi connectivity index (χ3n) is 3.00. The van der Waals surface area contributed by atoms with Crippen molar-refractivity contribution in [2.45, 2.75) is 13.3 Å². The van der Waals surface area contributed by atoms with Crippen LogP contribution in [0.1, 0.15) is 34.1 Å². The normalized spacial score (nSPS) is 10.2. The van der Waals surface area contributed by atoms with Gasteiger partial charge in [-0.3, -0.25) is 14.6 Å². The second kappa shape index (κ2) is 7.94. The number of carbonyl (C=O) groups is 2. The number of nitrogens with zero attached hydrogens (tertiary/aromatic N) is 1. The van der Waals surface area contributed by atoms with Gasteiger partial charge in [-0.05, 0) is 24.6 Å². The molecule has 1 aromatic heterocycles. The fraction of sp³-hybridized carbons (Fsp3) is 0.188. The molecule has 0 unspecified atom stereocenters. The standard InChI is InChI=1S/C16H15Cl2N3O2/c1-2-6-20-15(22)10-7-11(9-19-8-10)16(23)21-14-12(17)4-3-5-13(14)18/h3-5,7-9H,2,6H2,1H3,(H,20,22)(H,21,23). The van der Waals surface area contributed by atoms with Gasteiger partial charge in [0.05, 0.1) is 26.9 Å². The lowest BCUT2D eigenvalue weighted by Crippen LogP contribution is -2.24. The number of benzene rings is 1. The molecule has 0 saturated heterocycles. The Morgan fingerprint density at radius 3 is 2.30 bits per heavy atom. The summed E-state index contributed by atoms with van der Waals surface area (Å²) in [6.07, 6.45) is 3.60. The van der Waals surface area contributed by atoms with Crippen molar-refractivity contribution in [2.75, 3.05) is 11.9 Å². The van der Waals surface area contributed by atoms with E-state index in [0.29, 0.717) is 27.8 Å². The number of anilines is 1. The molecule has 0 spiro atoms. The van der Waals surface area contributed by atoms with Crippen molar-refractivity contribution in [3.05, 3.63) is 57.8 Å². The van der Waals surface area contributed by atoms with Crippen molar-refractivity contribution in [3.63, 3.8) is 0 Å². The molecule has 0 aliphatic heterocycles. The smallest absolute Gasteiger partial charge is 0.257 e. The highest BCUT2D eigenvalue weighted by atomic mass is 35.5. The zero-order valence-electron chi connectivity index (χ0n) is 12.4. The average Bonchev–Trinajstić information content (AvgIpc) is 2.56. The van der Waals surface area contributed by atoms with Gasteiger partial charge in [0.1, 0.15) is 0 Å². The highest BCUT2D eigenvalue weighted by Crippen LogP contribution is 2.30. The van der Waals surface area contributed by atoms with Gasteiger partial charge in [-0.1, -0.05) is 36.2 Å². The summed E-state index contributed by atoms with van der Waals surface area (Å²) in [5.74, 6) is -0.720. The third-order valence-corrected chi connectivity index (χ3v) is 3.63. The molecule has 0 saturated carbocycles. The number of nitrogens with one attached hydrogen (secondary N) is 2. The largest absolute Gasteiger partial charge is 0.352 e. The quantitative estimate of drug-likeness (QED) is 0.860. The maximum Gasteiger partial charge on any atom is 0.257 e. The predicted molar refractivity (Wildman–Crippen MR) is 91.3 cm³/mol. The molecule has 5 nitrogen and oxygen atoms in total. The topological polar surface area (TPSA) is 71.1 Å². The Balaban J connectivity index is 2.18. The molecule has 2 aromatic rings. The van der Waals surface area contributed by atoms with Crippen molar-refractivity contribution < 1.29 is 9.59 Å². The van der Waals surface area contributed by atoms with Crippen LogP contribution in [0.4, 0.5) is 5.69 Å². The molecule has 0 bridgehead atoms. The summed E-state index contributed by atoms with van der Waals surface area (Å²) < 4.78 is 0. The molecule has 2 amide bonds. The summed E-state index contributed by atoms with van der Waals surface area (Å²) in [7, 11) is 0. The maximum absolute atomic E-state index is 12.3. The number of rotatable bonds is 5. The summed E-state index contributed by atoms with van der Waals surface area (Å²) in [6.45, 7) is 2.51. The zero-order valence-corrected chi connectivity index (χ0v) is 13.9. The van der Waals surface area contributed by atoms with Crippen LogP contribution >= 0.6 is 23.2 Å². The molecular formula is C16H15Cl2N3O2. The molecule has 120 valence electrons. The summed E-state index contributed by atoms with van der Waals surface area (Å²) in [5.41, 5.74) is 0.878. The molecule has 0 aliphatic carbocycles. The minimum atomic E-state index is -0.447. The number of carbonyl (C=O) groups excluding carboxylic acids is 2. The van der Waals surface area contributed by atoms with Crippen LogP contribution in [0.25, 0.3) is 0 Å². The minimum Gasteiger partial charge on any atom is -0.352 e. The van der Waals surface area contributed by atoms with Crippen molar-refractivity contribution in [1.82, 2.24) is 10.3 Å². The molecule has 1 aromatic carbocycles. The monoisotopic (exact) mass is 351 g/mol.